The van der Waals surface area contributed by atoms with Gasteiger partial charge in [0.25, 0.3) is 0 Å². The lowest BCUT2D eigenvalue weighted by Gasteiger charge is -2.14. The van der Waals surface area contributed by atoms with Gasteiger partial charge in [-0.05, 0) is 35.2 Å². The number of fused-ring (bicyclic) bond motifs is 1. The molecule has 3 aromatic rings. The van der Waals surface area contributed by atoms with E-state index in [1.54, 1.807) is 0 Å². The van der Waals surface area contributed by atoms with E-state index in [9.17, 15) is 4.79 Å². The summed E-state index contributed by atoms with van der Waals surface area (Å²) in [5.41, 5.74) is 1.11. The fourth-order valence-corrected chi connectivity index (χ4v) is 4.52. The molecule has 2 aromatic carbocycles. The first-order valence-electron chi connectivity index (χ1n) is 9.99. The fraction of sp³-hybridized carbons (Fsp3) is 0.409. The summed E-state index contributed by atoms with van der Waals surface area (Å²) in [6.07, 6.45) is 6.21. The van der Waals surface area contributed by atoms with Crippen molar-refractivity contribution in [1.82, 2.24) is 20.5 Å². The Hall–Kier alpha value is -2.34. The predicted octanol–water partition coefficient (Wildman–Crippen LogP) is 4.66. The van der Waals surface area contributed by atoms with Gasteiger partial charge in [0.15, 0.2) is 0 Å². The molecule has 1 amide bonds. The predicted molar refractivity (Wildman–Crippen MR) is 113 cm³/mol. The van der Waals surface area contributed by atoms with Gasteiger partial charge in [-0.3, -0.25) is 9.89 Å². The number of H-pyrrole nitrogens is 1. The van der Waals surface area contributed by atoms with Crippen LogP contribution >= 0.6 is 11.8 Å². The summed E-state index contributed by atoms with van der Waals surface area (Å²) < 4.78 is 0. The monoisotopic (exact) mass is 394 g/mol. The molecule has 28 heavy (non-hydrogen) atoms. The number of carbonyl (C=O) groups is 1. The Bertz CT molecular complexity index is 948. The van der Waals surface area contributed by atoms with Crippen molar-refractivity contribution in [1.29, 1.82) is 0 Å². The third-order valence-electron chi connectivity index (χ3n) is 5.45. The quantitative estimate of drug-likeness (QED) is 0.572. The number of aromatic nitrogens is 3. The SMILES string of the molecule is CC(NC(=O)CSc1n[nH]c(CC2CCCC2)n1)c1ccc2ccccc2c1. The van der Waals surface area contributed by atoms with Gasteiger partial charge in [-0.2, -0.15) is 0 Å². The molecule has 1 aliphatic rings. The second kappa shape index (κ2) is 8.78. The number of nitrogens with zero attached hydrogens (tertiary/aromatic N) is 2. The molecular weight excluding hydrogens is 368 g/mol. The van der Waals surface area contributed by atoms with E-state index < -0.39 is 0 Å². The summed E-state index contributed by atoms with van der Waals surface area (Å²) in [5.74, 6) is 1.99. The molecule has 1 unspecified atom stereocenters. The number of hydrogen-bond donors (Lipinski definition) is 2. The molecule has 0 radical (unpaired) electrons. The third-order valence-corrected chi connectivity index (χ3v) is 6.30. The Morgan fingerprint density at radius 3 is 2.82 bits per heavy atom. The molecule has 4 rings (SSSR count). The number of aromatic amines is 1. The second-order valence-corrected chi connectivity index (χ2v) is 8.55. The molecule has 0 spiro atoms. The number of amides is 1. The summed E-state index contributed by atoms with van der Waals surface area (Å²) in [4.78, 5) is 16.9. The van der Waals surface area contributed by atoms with Crippen LogP contribution in [0.4, 0.5) is 0 Å². The molecular formula is C22H26N4OS. The largest absolute Gasteiger partial charge is 0.349 e. The van der Waals surface area contributed by atoms with E-state index in [2.05, 4.69) is 50.8 Å². The minimum absolute atomic E-state index is 0.00667. The van der Waals surface area contributed by atoms with E-state index in [-0.39, 0.29) is 11.9 Å². The summed E-state index contributed by atoms with van der Waals surface area (Å²) in [6.45, 7) is 2.01. The zero-order valence-electron chi connectivity index (χ0n) is 16.1. The molecule has 1 heterocycles. The van der Waals surface area contributed by atoms with Gasteiger partial charge in [-0.25, -0.2) is 4.98 Å². The average Bonchev–Trinajstić information content (AvgIpc) is 3.38. The molecule has 1 aromatic heterocycles. The van der Waals surface area contributed by atoms with Crippen LogP contribution in [0.2, 0.25) is 0 Å². The van der Waals surface area contributed by atoms with Crippen LogP contribution in [0.5, 0.6) is 0 Å². The Labute approximate surface area is 169 Å². The van der Waals surface area contributed by atoms with E-state index >= 15 is 0 Å². The Balaban J connectivity index is 1.28. The molecule has 1 saturated carbocycles. The van der Waals surface area contributed by atoms with E-state index in [0.717, 1.165) is 23.7 Å². The highest BCUT2D eigenvalue weighted by molar-refractivity contribution is 7.99. The number of hydrogen-bond acceptors (Lipinski definition) is 4. The number of benzene rings is 2. The highest BCUT2D eigenvalue weighted by Crippen LogP contribution is 2.27. The van der Waals surface area contributed by atoms with Gasteiger partial charge < -0.3 is 5.32 Å². The molecule has 1 fully saturated rings. The van der Waals surface area contributed by atoms with Crippen LogP contribution in [-0.4, -0.2) is 26.8 Å². The summed E-state index contributed by atoms with van der Waals surface area (Å²) in [7, 11) is 0. The van der Waals surface area contributed by atoms with Crippen LogP contribution in [0, 0.1) is 5.92 Å². The maximum Gasteiger partial charge on any atom is 0.230 e. The van der Waals surface area contributed by atoms with Gasteiger partial charge in [0.1, 0.15) is 5.82 Å². The lowest BCUT2D eigenvalue weighted by Crippen LogP contribution is -2.28. The zero-order valence-corrected chi connectivity index (χ0v) is 17.0. The fourth-order valence-electron chi connectivity index (χ4n) is 3.90. The van der Waals surface area contributed by atoms with Crippen LogP contribution in [0.15, 0.2) is 47.6 Å². The lowest BCUT2D eigenvalue weighted by molar-refractivity contribution is -0.119. The van der Waals surface area contributed by atoms with Crippen molar-refractivity contribution in [2.24, 2.45) is 5.92 Å². The van der Waals surface area contributed by atoms with Crippen LogP contribution in [0.3, 0.4) is 0 Å². The van der Waals surface area contributed by atoms with Crippen LogP contribution in [0.25, 0.3) is 10.8 Å². The minimum atomic E-state index is -0.0391. The maximum absolute atomic E-state index is 12.4. The van der Waals surface area contributed by atoms with Crippen molar-refractivity contribution in [2.75, 3.05) is 5.75 Å². The standard InChI is InChI=1S/C22H26N4OS/c1-15(18-11-10-17-8-4-5-9-19(17)13-18)23-21(27)14-28-22-24-20(25-26-22)12-16-6-2-3-7-16/h4-5,8-11,13,15-16H,2-3,6-7,12,14H2,1H3,(H,23,27)(H,24,25,26). The Kier molecular flexibility index (Phi) is 5.95. The number of rotatable bonds is 7. The van der Waals surface area contributed by atoms with Crippen molar-refractivity contribution in [3.63, 3.8) is 0 Å². The third kappa shape index (κ3) is 4.73. The molecule has 0 aliphatic heterocycles. The summed E-state index contributed by atoms with van der Waals surface area (Å²) >= 11 is 1.38. The summed E-state index contributed by atoms with van der Waals surface area (Å²) in [6, 6.07) is 14.5. The topological polar surface area (TPSA) is 70.7 Å². The molecule has 1 aliphatic carbocycles. The maximum atomic E-state index is 12.4. The van der Waals surface area contributed by atoms with Crippen LogP contribution < -0.4 is 5.32 Å². The van der Waals surface area contributed by atoms with Gasteiger partial charge in [0, 0.05) is 6.42 Å². The number of nitrogens with one attached hydrogen (secondary N) is 2. The first kappa shape index (κ1) is 19.0. The highest BCUT2D eigenvalue weighted by atomic mass is 32.2. The van der Waals surface area contributed by atoms with Crippen molar-refractivity contribution in [3.05, 3.63) is 53.9 Å². The highest BCUT2D eigenvalue weighted by Gasteiger charge is 2.18. The Morgan fingerprint density at radius 1 is 1.21 bits per heavy atom. The number of thioether (sulfide) groups is 1. The van der Waals surface area contributed by atoms with Crippen molar-refractivity contribution in [2.45, 2.75) is 50.2 Å². The normalized spacial score (nSPS) is 15.8. The first-order chi connectivity index (χ1) is 13.7. The van der Waals surface area contributed by atoms with E-state index in [4.69, 9.17) is 0 Å². The molecule has 2 N–H and O–H groups in total. The second-order valence-electron chi connectivity index (χ2n) is 7.60. The smallest absolute Gasteiger partial charge is 0.230 e. The van der Waals surface area contributed by atoms with Crippen molar-refractivity contribution in [3.8, 4) is 0 Å². The van der Waals surface area contributed by atoms with Gasteiger partial charge >= 0.3 is 0 Å². The zero-order chi connectivity index (χ0) is 19.3. The van der Waals surface area contributed by atoms with Gasteiger partial charge in [0.05, 0.1) is 11.8 Å². The van der Waals surface area contributed by atoms with Gasteiger partial charge in [-0.15, -0.1) is 5.10 Å². The van der Waals surface area contributed by atoms with E-state index in [1.807, 2.05) is 19.1 Å². The first-order valence-corrected chi connectivity index (χ1v) is 11.0. The van der Waals surface area contributed by atoms with E-state index in [0.29, 0.717) is 10.9 Å². The van der Waals surface area contributed by atoms with Gasteiger partial charge in [0.2, 0.25) is 11.1 Å². The van der Waals surface area contributed by atoms with Crippen LogP contribution in [-0.2, 0) is 11.2 Å². The van der Waals surface area contributed by atoms with Crippen molar-refractivity contribution >= 4 is 28.4 Å². The molecule has 146 valence electrons. The molecule has 5 nitrogen and oxygen atoms in total. The molecule has 0 saturated heterocycles. The Morgan fingerprint density at radius 2 is 2.00 bits per heavy atom. The van der Waals surface area contributed by atoms with Crippen LogP contribution in [0.1, 0.15) is 50.0 Å². The molecule has 1 atom stereocenters. The lowest BCUT2D eigenvalue weighted by atomic mass is 10.0. The minimum Gasteiger partial charge on any atom is -0.349 e. The van der Waals surface area contributed by atoms with Crippen molar-refractivity contribution < 1.29 is 4.79 Å². The van der Waals surface area contributed by atoms with Gasteiger partial charge in [-0.1, -0.05) is 73.8 Å². The number of carbonyl (C=O) groups excluding carboxylic acids is 1. The average molecular weight is 395 g/mol. The molecule has 6 heteroatoms. The summed E-state index contributed by atoms with van der Waals surface area (Å²) in [5, 5.41) is 13.4. The molecule has 0 bridgehead atoms. The van der Waals surface area contributed by atoms with E-state index in [1.165, 1.54) is 48.2 Å².